The van der Waals surface area contributed by atoms with Gasteiger partial charge in [0.05, 0.1) is 12.6 Å². The summed E-state index contributed by atoms with van der Waals surface area (Å²) in [6, 6.07) is 4.93. The van der Waals surface area contributed by atoms with Gasteiger partial charge < -0.3 is 10.6 Å². The largest absolute Gasteiger partial charge is 0.348 e. The van der Waals surface area contributed by atoms with E-state index in [-0.39, 0.29) is 11.9 Å². The second-order valence-electron chi connectivity index (χ2n) is 5.93. The molecule has 3 heterocycles. The van der Waals surface area contributed by atoms with E-state index in [1.165, 1.54) is 4.88 Å². The number of hydrogen-bond acceptors (Lipinski definition) is 5. The summed E-state index contributed by atoms with van der Waals surface area (Å²) in [6.45, 7) is 8.98. The summed E-state index contributed by atoms with van der Waals surface area (Å²) < 4.78 is 0. The maximum atomic E-state index is 12.1. The molecule has 1 aromatic rings. The summed E-state index contributed by atoms with van der Waals surface area (Å²) in [5, 5.41) is 8.46. The molecule has 3 rings (SSSR count). The van der Waals surface area contributed by atoms with Gasteiger partial charge in [-0.2, -0.15) is 0 Å². The first-order chi connectivity index (χ1) is 10.2. The lowest BCUT2D eigenvalue weighted by Crippen LogP contribution is -2.62. The Morgan fingerprint density at radius 3 is 2.76 bits per heavy atom. The van der Waals surface area contributed by atoms with E-state index in [1.807, 2.05) is 18.4 Å². The van der Waals surface area contributed by atoms with Gasteiger partial charge in [-0.1, -0.05) is 6.07 Å². The fourth-order valence-corrected chi connectivity index (χ4v) is 3.65. The zero-order valence-electron chi connectivity index (χ0n) is 12.5. The van der Waals surface area contributed by atoms with E-state index >= 15 is 0 Å². The number of hydrogen-bond donors (Lipinski definition) is 2. The topological polar surface area (TPSA) is 47.6 Å². The first-order valence-electron chi connectivity index (χ1n) is 7.72. The smallest absolute Gasteiger partial charge is 0.234 e. The predicted octanol–water partition coefficient (Wildman–Crippen LogP) is 0.515. The van der Waals surface area contributed by atoms with Crippen LogP contribution in [0.2, 0.25) is 0 Å². The summed E-state index contributed by atoms with van der Waals surface area (Å²) in [5.41, 5.74) is 0. The van der Waals surface area contributed by atoms with Crippen molar-refractivity contribution >= 4 is 17.2 Å². The van der Waals surface area contributed by atoms with Gasteiger partial charge in [0.25, 0.3) is 0 Å². The van der Waals surface area contributed by atoms with E-state index in [1.54, 1.807) is 11.3 Å². The van der Waals surface area contributed by atoms with Gasteiger partial charge in [-0.15, -0.1) is 11.3 Å². The molecule has 2 aliphatic heterocycles. The number of carbonyl (C=O) groups excluding carboxylic acids is 1. The van der Waals surface area contributed by atoms with E-state index in [0.29, 0.717) is 6.54 Å². The Bertz CT molecular complexity index is 452. The highest BCUT2D eigenvalue weighted by Gasteiger charge is 2.28. The van der Waals surface area contributed by atoms with E-state index < -0.39 is 0 Å². The molecule has 1 amide bonds. The quantitative estimate of drug-likeness (QED) is 0.832. The molecule has 0 aromatic carbocycles. The van der Waals surface area contributed by atoms with Crippen molar-refractivity contribution in [3.63, 3.8) is 0 Å². The first-order valence-corrected chi connectivity index (χ1v) is 8.60. The third-order valence-electron chi connectivity index (χ3n) is 4.40. The molecule has 116 valence electrons. The first kappa shape index (κ1) is 15.0. The Labute approximate surface area is 130 Å². The van der Waals surface area contributed by atoms with Crippen LogP contribution in [0, 0.1) is 0 Å². The molecule has 0 aliphatic carbocycles. The molecule has 21 heavy (non-hydrogen) atoms. The maximum absolute atomic E-state index is 12.1. The fourth-order valence-electron chi connectivity index (χ4n) is 2.92. The molecular weight excluding hydrogens is 284 g/mol. The lowest BCUT2D eigenvalue weighted by molar-refractivity contribution is -0.123. The Morgan fingerprint density at radius 1 is 1.43 bits per heavy atom. The molecule has 0 radical (unpaired) electrons. The van der Waals surface area contributed by atoms with Crippen molar-refractivity contribution in [2.24, 2.45) is 0 Å². The maximum Gasteiger partial charge on any atom is 0.234 e. The molecule has 5 nitrogen and oxygen atoms in total. The third kappa shape index (κ3) is 3.83. The molecule has 2 aliphatic rings. The van der Waals surface area contributed by atoms with Gasteiger partial charge in [0, 0.05) is 50.2 Å². The highest BCUT2D eigenvalue weighted by atomic mass is 32.1. The number of amides is 1. The Morgan fingerprint density at radius 2 is 2.19 bits per heavy atom. The average molecular weight is 308 g/mol. The van der Waals surface area contributed by atoms with Crippen LogP contribution in [0.1, 0.15) is 17.8 Å². The lowest BCUT2D eigenvalue weighted by Gasteiger charge is -2.43. The molecule has 2 saturated heterocycles. The van der Waals surface area contributed by atoms with E-state index in [2.05, 4.69) is 26.5 Å². The van der Waals surface area contributed by atoms with Crippen LogP contribution in [0.5, 0.6) is 0 Å². The molecule has 1 aromatic heterocycles. The van der Waals surface area contributed by atoms with Crippen LogP contribution in [0.25, 0.3) is 0 Å². The van der Waals surface area contributed by atoms with Crippen molar-refractivity contribution in [3.05, 3.63) is 22.4 Å². The van der Waals surface area contributed by atoms with Crippen molar-refractivity contribution in [3.8, 4) is 0 Å². The highest BCUT2D eigenvalue weighted by Crippen LogP contribution is 2.18. The average Bonchev–Trinajstić information content (AvgIpc) is 2.93. The van der Waals surface area contributed by atoms with Crippen molar-refractivity contribution in [1.82, 2.24) is 20.4 Å². The standard InChI is InChI=1S/C15H24N4OS/c1-12(14-3-2-8-21-14)17-15(20)11-18-4-6-19(7-5-18)13-9-16-10-13/h2-3,8,12-13,16H,4-7,9-11H2,1H3,(H,17,20). The van der Waals surface area contributed by atoms with Crippen molar-refractivity contribution < 1.29 is 4.79 Å². The van der Waals surface area contributed by atoms with Crippen LogP contribution >= 0.6 is 11.3 Å². The minimum absolute atomic E-state index is 0.111. The number of piperazine rings is 1. The Balaban J connectivity index is 1.39. The van der Waals surface area contributed by atoms with Crippen molar-refractivity contribution in [1.29, 1.82) is 0 Å². The lowest BCUT2D eigenvalue weighted by atomic mass is 10.1. The molecule has 0 spiro atoms. The molecule has 1 atom stereocenters. The number of rotatable bonds is 5. The summed E-state index contributed by atoms with van der Waals surface area (Å²) >= 11 is 1.69. The second-order valence-corrected chi connectivity index (χ2v) is 6.91. The number of nitrogens with zero attached hydrogens (tertiary/aromatic N) is 2. The van der Waals surface area contributed by atoms with Gasteiger partial charge in [0.15, 0.2) is 0 Å². The number of thiophene rings is 1. The van der Waals surface area contributed by atoms with Crippen LogP contribution < -0.4 is 10.6 Å². The van der Waals surface area contributed by atoms with Crippen LogP contribution in [0.15, 0.2) is 17.5 Å². The normalized spacial score (nSPS) is 22.7. The molecule has 2 N–H and O–H groups in total. The van der Waals surface area contributed by atoms with Crippen LogP contribution in [-0.2, 0) is 4.79 Å². The van der Waals surface area contributed by atoms with E-state index in [4.69, 9.17) is 0 Å². The van der Waals surface area contributed by atoms with Crippen LogP contribution in [0.3, 0.4) is 0 Å². The Kier molecular flexibility index (Phi) is 4.90. The van der Waals surface area contributed by atoms with Crippen LogP contribution in [0.4, 0.5) is 0 Å². The summed E-state index contributed by atoms with van der Waals surface area (Å²) in [4.78, 5) is 18.1. The third-order valence-corrected chi connectivity index (χ3v) is 5.45. The van der Waals surface area contributed by atoms with Gasteiger partial charge in [0.1, 0.15) is 0 Å². The van der Waals surface area contributed by atoms with E-state index in [9.17, 15) is 4.79 Å². The van der Waals surface area contributed by atoms with Crippen molar-refractivity contribution in [2.45, 2.75) is 19.0 Å². The fraction of sp³-hybridized carbons (Fsp3) is 0.667. The van der Waals surface area contributed by atoms with Gasteiger partial charge in [-0.05, 0) is 18.4 Å². The zero-order valence-corrected chi connectivity index (χ0v) is 13.4. The summed E-state index contributed by atoms with van der Waals surface area (Å²) in [5.74, 6) is 0.134. The molecule has 2 fully saturated rings. The number of nitrogens with one attached hydrogen (secondary N) is 2. The number of carbonyl (C=O) groups is 1. The molecular formula is C15H24N4OS. The van der Waals surface area contributed by atoms with Gasteiger partial charge >= 0.3 is 0 Å². The minimum atomic E-state index is 0.111. The van der Waals surface area contributed by atoms with Gasteiger partial charge in [-0.25, -0.2) is 0 Å². The Hall–Kier alpha value is -0.950. The SMILES string of the molecule is CC(NC(=O)CN1CCN(C2CNC2)CC1)c1cccs1. The predicted molar refractivity (Wildman–Crippen MR) is 85.5 cm³/mol. The summed E-state index contributed by atoms with van der Waals surface area (Å²) in [6.07, 6.45) is 0. The second kappa shape index (κ2) is 6.87. The highest BCUT2D eigenvalue weighted by molar-refractivity contribution is 7.10. The van der Waals surface area contributed by atoms with Gasteiger partial charge in [0.2, 0.25) is 5.91 Å². The van der Waals surface area contributed by atoms with E-state index in [0.717, 1.165) is 45.3 Å². The zero-order chi connectivity index (χ0) is 14.7. The molecule has 6 heteroatoms. The summed E-state index contributed by atoms with van der Waals surface area (Å²) in [7, 11) is 0. The van der Waals surface area contributed by atoms with Crippen molar-refractivity contribution in [2.75, 3.05) is 45.8 Å². The molecule has 0 saturated carbocycles. The minimum Gasteiger partial charge on any atom is -0.348 e. The van der Waals surface area contributed by atoms with Crippen LogP contribution in [-0.4, -0.2) is 67.6 Å². The van der Waals surface area contributed by atoms with Gasteiger partial charge in [-0.3, -0.25) is 14.6 Å². The molecule has 1 unspecified atom stereocenters. The monoisotopic (exact) mass is 308 g/mol. The molecule has 0 bridgehead atoms.